The Morgan fingerprint density at radius 1 is 1.07 bits per heavy atom. The highest BCUT2D eigenvalue weighted by atomic mass is 32.2. The molecule has 3 aromatic rings. The lowest BCUT2D eigenvalue weighted by atomic mass is 10.2. The van der Waals surface area contributed by atoms with E-state index in [1.54, 1.807) is 47.4 Å². The molecule has 7 nitrogen and oxygen atoms in total. The molecule has 1 fully saturated rings. The summed E-state index contributed by atoms with van der Waals surface area (Å²) in [5.74, 6) is 0.624. The van der Waals surface area contributed by atoms with Gasteiger partial charge in [0.2, 0.25) is 0 Å². The third-order valence-electron chi connectivity index (χ3n) is 4.85. The maximum atomic E-state index is 13.5. The van der Waals surface area contributed by atoms with Crippen LogP contribution >= 0.6 is 0 Å². The number of rotatable bonds is 6. The number of amides is 1. The lowest BCUT2D eigenvalue weighted by molar-refractivity contribution is 0.0792. The summed E-state index contributed by atoms with van der Waals surface area (Å²) < 4.78 is 33.5. The predicted molar refractivity (Wildman–Crippen MR) is 108 cm³/mol. The van der Waals surface area contributed by atoms with E-state index in [1.165, 1.54) is 28.9 Å². The SMILES string of the molecule is O=C(c1cccc(S(=O)(=O)N(Cc2ccco2)c2ccccn2)c1)N1CCCC1. The largest absolute Gasteiger partial charge is 0.467 e. The zero-order valence-electron chi connectivity index (χ0n) is 15.8. The van der Waals surface area contributed by atoms with Crippen molar-refractivity contribution in [1.82, 2.24) is 9.88 Å². The van der Waals surface area contributed by atoms with Crippen molar-refractivity contribution in [3.8, 4) is 0 Å². The molecule has 1 saturated heterocycles. The van der Waals surface area contributed by atoms with Gasteiger partial charge >= 0.3 is 0 Å². The predicted octanol–water partition coefficient (Wildman–Crippen LogP) is 3.31. The average molecular weight is 411 g/mol. The van der Waals surface area contributed by atoms with Crippen LogP contribution in [0.15, 0.2) is 76.4 Å². The van der Waals surface area contributed by atoms with E-state index in [0.29, 0.717) is 24.4 Å². The zero-order chi connectivity index (χ0) is 20.3. The molecule has 2 aromatic heterocycles. The van der Waals surface area contributed by atoms with Crippen LogP contribution in [0.2, 0.25) is 0 Å². The van der Waals surface area contributed by atoms with Crippen LogP contribution < -0.4 is 4.31 Å². The van der Waals surface area contributed by atoms with Crippen molar-refractivity contribution in [2.75, 3.05) is 17.4 Å². The molecule has 0 unspecified atom stereocenters. The minimum atomic E-state index is -3.97. The highest BCUT2D eigenvalue weighted by Gasteiger charge is 2.28. The molecule has 3 heterocycles. The first-order valence-electron chi connectivity index (χ1n) is 9.41. The van der Waals surface area contributed by atoms with E-state index >= 15 is 0 Å². The standard InChI is InChI=1S/C21H21N3O4S/c25-21(23-12-3-4-13-23)17-7-5-9-19(15-17)29(26,27)24(16-18-8-6-14-28-18)20-10-1-2-11-22-20/h1-2,5-11,14-15H,3-4,12-13,16H2. The van der Waals surface area contributed by atoms with Gasteiger partial charge in [-0.2, -0.15) is 0 Å². The molecule has 0 aliphatic carbocycles. The van der Waals surface area contributed by atoms with E-state index in [9.17, 15) is 13.2 Å². The summed E-state index contributed by atoms with van der Waals surface area (Å²) >= 11 is 0. The number of likely N-dealkylation sites (tertiary alicyclic amines) is 1. The molecule has 29 heavy (non-hydrogen) atoms. The van der Waals surface area contributed by atoms with Gasteiger partial charge in [-0.3, -0.25) is 4.79 Å². The Hall–Kier alpha value is -3.13. The normalized spacial score (nSPS) is 14.1. The van der Waals surface area contributed by atoms with Crippen LogP contribution in [-0.4, -0.2) is 37.3 Å². The van der Waals surface area contributed by atoms with Gasteiger partial charge in [-0.1, -0.05) is 12.1 Å². The Morgan fingerprint density at radius 2 is 1.90 bits per heavy atom. The fraction of sp³-hybridized carbons (Fsp3) is 0.238. The third kappa shape index (κ3) is 4.02. The molecule has 1 aromatic carbocycles. The van der Waals surface area contributed by atoms with Crippen molar-refractivity contribution < 1.29 is 17.6 Å². The van der Waals surface area contributed by atoms with Crippen LogP contribution in [-0.2, 0) is 16.6 Å². The van der Waals surface area contributed by atoms with Gasteiger partial charge in [0.1, 0.15) is 11.6 Å². The number of carbonyl (C=O) groups excluding carboxylic acids is 1. The molecule has 1 aliphatic heterocycles. The van der Waals surface area contributed by atoms with Crippen molar-refractivity contribution in [3.05, 3.63) is 78.4 Å². The summed E-state index contributed by atoms with van der Waals surface area (Å²) in [7, 11) is -3.97. The first kappa shape index (κ1) is 19.2. The molecular formula is C21H21N3O4S. The summed E-state index contributed by atoms with van der Waals surface area (Å²) in [6.45, 7) is 1.40. The molecule has 0 bridgehead atoms. The molecule has 0 spiro atoms. The lowest BCUT2D eigenvalue weighted by Crippen LogP contribution is -2.32. The van der Waals surface area contributed by atoms with Crippen molar-refractivity contribution in [2.24, 2.45) is 0 Å². The Bertz CT molecular complexity index is 1080. The number of carbonyl (C=O) groups is 1. The molecule has 0 radical (unpaired) electrons. The molecule has 8 heteroatoms. The summed E-state index contributed by atoms with van der Waals surface area (Å²) in [5.41, 5.74) is 0.368. The van der Waals surface area contributed by atoms with Gasteiger partial charge in [0.05, 0.1) is 17.7 Å². The number of aromatic nitrogens is 1. The average Bonchev–Trinajstić information content (AvgIpc) is 3.46. The molecule has 0 N–H and O–H groups in total. The number of hydrogen-bond acceptors (Lipinski definition) is 5. The van der Waals surface area contributed by atoms with E-state index in [2.05, 4.69) is 4.98 Å². The maximum Gasteiger partial charge on any atom is 0.265 e. The summed E-state index contributed by atoms with van der Waals surface area (Å²) in [4.78, 5) is 18.7. The number of furan rings is 1. The Kier molecular flexibility index (Phi) is 5.35. The van der Waals surface area contributed by atoms with Gasteiger partial charge in [0, 0.05) is 24.8 Å². The lowest BCUT2D eigenvalue weighted by Gasteiger charge is -2.23. The van der Waals surface area contributed by atoms with E-state index in [1.807, 2.05) is 0 Å². The second kappa shape index (κ2) is 8.08. The highest BCUT2D eigenvalue weighted by molar-refractivity contribution is 7.92. The van der Waals surface area contributed by atoms with Crippen molar-refractivity contribution in [2.45, 2.75) is 24.3 Å². The second-order valence-corrected chi connectivity index (χ2v) is 8.67. The first-order chi connectivity index (χ1) is 14.1. The molecule has 1 aliphatic rings. The van der Waals surface area contributed by atoms with Crippen LogP contribution in [0.25, 0.3) is 0 Å². The number of benzene rings is 1. The first-order valence-corrected chi connectivity index (χ1v) is 10.9. The summed E-state index contributed by atoms with van der Waals surface area (Å²) in [6, 6.07) is 14.7. The minimum Gasteiger partial charge on any atom is -0.467 e. The highest BCUT2D eigenvalue weighted by Crippen LogP contribution is 2.25. The fourth-order valence-corrected chi connectivity index (χ4v) is 4.79. The maximum absolute atomic E-state index is 13.5. The molecule has 1 amide bonds. The van der Waals surface area contributed by atoms with Crippen molar-refractivity contribution >= 4 is 21.7 Å². The number of sulfonamides is 1. The fourth-order valence-electron chi connectivity index (χ4n) is 3.35. The third-order valence-corrected chi connectivity index (χ3v) is 6.59. The van der Waals surface area contributed by atoms with Crippen LogP contribution in [0.5, 0.6) is 0 Å². The Balaban J connectivity index is 1.71. The van der Waals surface area contributed by atoms with Crippen molar-refractivity contribution in [1.29, 1.82) is 0 Å². The van der Waals surface area contributed by atoms with E-state index in [4.69, 9.17) is 4.42 Å². The molecule has 0 saturated carbocycles. The van der Waals surface area contributed by atoms with Crippen LogP contribution in [0, 0.1) is 0 Å². The number of pyridine rings is 1. The topological polar surface area (TPSA) is 83.7 Å². The van der Waals surface area contributed by atoms with E-state index < -0.39 is 10.0 Å². The van der Waals surface area contributed by atoms with Gasteiger partial charge in [0.15, 0.2) is 0 Å². The quantitative estimate of drug-likeness (QED) is 0.621. The second-order valence-electron chi connectivity index (χ2n) is 6.81. The van der Waals surface area contributed by atoms with Crippen LogP contribution in [0.4, 0.5) is 5.82 Å². The molecule has 0 atom stereocenters. The van der Waals surface area contributed by atoms with Gasteiger partial charge in [-0.15, -0.1) is 0 Å². The van der Waals surface area contributed by atoms with E-state index in [0.717, 1.165) is 12.8 Å². The van der Waals surface area contributed by atoms with Crippen molar-refractivity contribution in [3.63, 3.8) is 0 Å². The molecule has 4 rings (SSSR count). The van der Waals surface area contributed by atoms with E-state index in [-0.39, 0.29) is 23.2 Å². The summed E-state index contributed by atoms with van der Waals surface area (Å²) in [6.07, 6.45) is 4.97. The minimum absolute atomic E-state index is 0.00333. The van der Waals surface area contributed by atoms with Gasteiger partial charge in [-0.25, -0.2) is 17.7 Å². The van der Waals surface area contributed by atoms with Crippen LogP contribution in [0.3, 0.4) is 0 Å². The zero-order valence-corrected chi connectivity index (χ0v) is 16.6. The van der Waals surface area contributed by atoms with Gasteiger partial charge < -0.3 is 9.32 Å². The van der Waals surface area contributed by atoms with Gasteiger partial charge in [0.25, 0.3) is 15.9 Å². The van der Waals surface area contributed by atoms with Crippen LogP contribution in [0.1, 0.15) is 29.0 Å². The molecule has 150 valence electrons. The summed E-state index contributed by atoms with van der Waals surface area (Å²) in [5, 5.41) is 0. The number of anilines is 1. The Morgan fingerprint density at radius 3 is 2.59 bits per heavy atom. The number of hydrogen-bond donors (Lipinski definition) is 0. The Labute approximate surface area is 169 Å². The number of nitrogens with zero attached hydrogens (tertiary/aromatic N) is 3. The monoisotopic (exact) mass is 411 g/mol. The molecular weight excluding hydrogens is 390 g/mol. The smallest absolute Gasteiger partial charge is 0.265 e. The van der Waals surface area contributed by atoms with Gasteiger partial charge in [-0.05, 0) is 55.3 Å².